The van der Waals surface area contributed by atoms with Crippen molar-refractivity contribution in [3.8, 4) is 6.07 Å². The van der Waals surface area contributed by atoms with Gasteiger partial charge in [-0.25, -0.2) is 0 Å². The molecule has 0 unspecified atom stereocenters. The first-order valence-electron chi connectivity index (χ1n) is 3.87. The third-order valence-electron chi connectivity index (χ3n) is 1.83. The van der Waals surface area contributed by atoms with Crippen LogP contribution >= 0.6 is 0 Å². The molecule has 0 radical (unpaired) electrons. The van der Waals surface area contributed by atoms with E-state index in [1.54, 1.807) is 13.0 Å². The second-order valence-electron chi connectivity index (χ2n) is 2.93. The number of hydrogen-bond acceptors (Lipinski definition) is 3. The minimum atomic E-state index is -0.103. The van der Waals surface area contributed by atoms with E-state index in [0.29, 0.717) is 16.8 Å². The highest BCUT2D eigenvalue weighted by molar-refractivity contribution is 5.98. The maximum Gasteiger partial charge on any atom is 0.161 e. The highest BCUT2D eigenvalue weighted by atomic mass is 16.1. The number of nitriles is 1. The Bertz CT molecular complexity index is 402. The molecule has 0 aliphatic heterocycles. The van der Waals surface area contributed by atoms with E-state index in [0.717, 1.165) is 5.56 Å². The van der Waals surface area contributed by atoms with Crippen LogP contribution in [0.4, 0.5) is 5.69 Å². The maximum absolute atomic E-state index is 11.2. The van der Waals surface area contributed by atoms with Gasteiger partial charge in [0.25, 0.3) is 0 Å². The largest absolute Gasteiger partial charge is 0.399 e. The summed E-state index contributed by atoms with van der Waals surface area (Å²) in [6, 6.07) is 5.17. The lowest BCUT2D eigenvalue weighted by Gasteiger charge is -2.05. The van der Waals surface area contributed by atoms with Crippen LogP contribution in [0.5, 0.6) is 0 Å². The average molecular weight is 174 g/mol. The molecule has 0 fully saturated rings. The number of hydrogen-bond donors (Lipinski definition) is 1. The Morgan fingerprint density at radius 2 is 2.15 bits per heavy atom. The molecule has 0 aliphatic carbocycles. The molecule has 66 valence electrons. The lowest BCUT2D eigenvalue weighted by Crippen LogP contribution is -2.02. The fourth-order valence-corrected chi connectivity index (χ4v) is 1.37. The summed E-state index contributed by atoms with van der Waals surface area (Å²) >= 11 is 0. The molecule has 0 saturated heterocycles. The van der Waals surface area contributed by atoms with Crippen molar-refractivity contribution in [3.63, 3.8) is 0 Å². The first kappa shape index (κ1) is 9.27. The Kier molecular flexibility index (Phi) is 2.34. The molecule has 0 aromatic heterocycles. The number of Topliss-reactive ketones (excluding diaryl/α,β-unsaturated/α-hetero) is 1. The van der Waals surface area contributed by atoms with E-state index < -0.39 is 0 Å². The summed E-state index contributed by atoms with van der Waals surface area (Å²) in [5, 5.41) is 8.76. The van der Waals surface area contributed by atoms with E-state index >= 15 is 0 Å². The van der Waals surface area contributed by atoms with Crippen molar-refractivity contribution >= 4 is 11.5 Å². The molecular weight excluding hydrogens is 164 g/mol. The van der Waals surface area contributed by atoms with Crippen molar-refractivity contribution in [2.75, 3.05) is 5.73 Å². The average Bonchev–Trinajstić information content (AvgIpc) is 2.01. The van der Waals surface area contributed by atoms with Gasteiger partial charge in [-0.2, -0.15) is 5.26 Å². The van der Waals surface area contributed by atoms with Gasteiger partial charge in [-0.15, -0.1) is 0 Å². The Morgan fingerprint density at radius 3 is 2.62 bits per heavy atom. The molecule has 0 spiro atoms. The van der Waals surface area contributed by atoms with Crippen molar-refractivity contribution in [2.45, 2.75) is 13.8 Å². The van der Waals surface area contributed by atoms with Crippen LogP contribution in [0, 0.1) is 18.3 Å². The summed E-state index contributed by atoms with van der Waals surface area (Å²) in [6.07, 6.45) is 0. The van der Waals surface area contributed by atoms with E-state index in [1.165, 1.54) is 13.0 Å². The number of nitrogens with zero attached hydrogens (tertiary/aromatic N) is 1. The zero-order valence-electron chi connectivity index (χ0n) is 7.59. The third-order valence-corrected chi connectivity index (χ3v) is 1.83. The summed E-state index contributed by atoms with van der Waals surface area (Å²) in [5.41, 5.74) is 7.63. The number of benzene rings is 1. The zero-order chi connectivity index (χ0) is 10.0. The Balaban J connectivity index is 3.50. The highest BCUT2D eigenvalue weighted by Crippen LogP contribution is 2.18. The Labute approximate surface area is 76.8 Å². The van der Waals surface area contributed by atoms with E-state index in [1.807, 2.05) is 6.07 Å². The zero-order valence-corrected chi connectivity index (χ0v) is 7.59. The molecular formula is C10H10N2O. The number of rotatable bonds is 1. The molecule has 1 rings (SSSR count). The predicted octanol–water partition coefficient (Wildman–Crippen LogP) is 1.65. The fraction of sp³-hybridized carbons (Fsp3) is 0.200. The van der Waals surface area contributed by atoms with Gasteiger partial charge in [0.15, 0.2) is 5.78 Å². The van der Waals surface area contributed by atoms with Gasteiger partial charge in [-0.1, -0.05) is 0 Å². The fourth-order valence-electron chi connectivity index (χ4n) is 1.37. The minimum Gasteiger partial charge on any atom is -0.399 e. The van der Waals surface area contributed by atoms with Crippen LogP contribution in [0.25, 0.3) is 0 Å². The number of ketones is 1. The smallest absolute Gasteiger partial charge is 0.161 e. The van der Waals surface area contributed by atoms with Crippen LogP contribution in [0.3, 0.4) is 0 Å². The number of carbonyl (C=O) groups excluding carboxylic acids is 1. The summed E-state index contributed by atoms with van der Waals surface area (Å²) in [7, 11) is 0. The monoisotopic (exact) mass is 174 g/mol. The van der Waals surface area contributed by atoms with Crippen LogP contribution < -0.4 is 5.73 Å². The van der Waals surface area contributed by atoms with Crippen LogP contribution in [0.15, 0.2) is 12.1 Å². The van der Waals surface area contributed by atoms with E-state index in [9.17, 15) is 4.79 Å². The van der Waals surface area contributed by atoms with Crippen molar-refractivity contribution in [1.29, 1.82) is 5.26 Å². The molecule has 3 heteroatoms. The first-order valence-corrected chi connectivity index (χ1v) is 3.87. The van der Waals surface area contributed by atoms with Gasteiger partial charge in [0.1, 0.15) is 0 Å². The van der Waals surface area contributed by atoms with Gasteiger partial charge in [-0.3, -0.25) is 4.79 Å². The van der Waals surface area contributed by atoms with E-state index in [-0.39, 0.29) is 5.78 Å². The summed E-state index contributed by atoms with van der Waals surface area (Å²) in [4.78, 5) is 11.2. The lowest BCUT2D eigenvalue weighted by molar-refractivity contribution is 0.101. The molecule has 1 aromatic rings. The molecule has 3 nitrogen and oxygen atoms in total. The first-order chi connectivity index (χ1) is 6.06. The lowest BCUT2D eigenvalue weighted by atomic mass is 9.99. The molecule has 0 aliphatic rings. The molecule has 0 amide bonds. The van der Waals surface area contributed by atoms with Crippen molar-refractivity contribution < 1.29 is 4.79 Å². The molecule has 0 heterocycles. The van der Waals surface area contributed by atoms with Gasteiger partial charge < -0.3 is 5.73 Å². The molecule has 0 bridgehead atoms. The Hall–Kier alpha value is -1.82. The molecule has 0 atom stereocenters. The van der Waals surface area contributed by atoms with Crippen LogP contribution in [-0.2, 0) is 0 Å². The molecule has 0 saturated carbocycles. The summed E-state index contributed by atoms with van der Waals surface area (Å²) in [5.74, 6) is -0.103. The topological polar surface area (TPSA) is 66.9 Å². The highest BCUT2D eigenvalue weighted by Gasteiger charge is 2.10. The predicted molar refractivity (Wildman–Crippen MR) is 50.3 cm³/mol. The van der Waals surface area contributed by atoms with E-state index in [2.05, 4.69) is 0 Å². The second kappa shape index (κ2) is 3.28. The van der Waals surface area contributed by atoms with Crippen LogP contribution in [0.1, 0.15) is 28.4 Å². The third kappa shape index (κ3) is 1.67. The quantitative estimate of drug-likeness (QED) is 0.520. The number of aryl methyl sites for hydroxylation is 1. The minimum absolute atomic E-state index is 0.103. The van der Waals surface area contributed by atoms with Gasteiger partial charge in [0, 0.05) is 11.3 Å². The number of carbonyl (C=O) groups is 1. The second-order valence-corrected chi connectivity index (χ2v) is 2.93. The van der Waals surface area contributed by atoms with Gasteiger partial charge in [0.2, 0.25) is 0 Å². The van der Waals surface area contributed by atoms with E-state index in [4.69, 9.17) is 11.0 Å². The number of nitrogens with two attached hydrogens (primary N) is 1. The van der Waals surface area contributed by atoms with Crippen LogP contribution in [-0.4, -0.2) is 5.78 Å². The van der Waals surface area contributed by atoms with Crippen molar-refractivity contribution in [3.05, 3.63) is 28.8 Å². The van der Waals surface area contributed by atoms with Crippen LogP contribution in [0.2, 0.25) is 0 Å². The molecule has 13 heavy (non-hydrogen) atoms. The van der Waals surface area contributed by atoms with Gasteiger partial charge in [-0.05, 0) is 31.5 Å². The summed E-state index contributed by atoms with van der Waals surface area (Å²) in [6.45, 7) is 3.22. The molecule has 2 N–H and O–H groups in total. The number of anilines is 1. The number of nitrogen functional groups attached to an aromatic ring is 1. The standard InChI is InChI=1S/C10H10N2O/c1-6-3-9(12)4-8(5-11)10(6)7(2)13/h3-4H,12H2,1-2H3. The van der Waals surface area contributed by atoms with Gasteiger partial charge in [0.05, 0.1) is 11.6 Å². The summed E-state index contributed by atoms with van der Waals surface area (Å²) < 4.78 is 0. The maximum atomic E-state index is 11.2. The Morgan fingerprint density at radius 1 is 1.54 bits per heavy atom. The van der Waals surface area contributed by atoms with Crippen molar-refractivity contribution in [1.82, 2.24) is 0 Å². The van der Waals surface area contributed by atoms with Crippen molar-refractivity contribution in [2.24, 2.45) is 0 Å². The molecule has 1 aromatic carbocycles. The normalized spacial score (nSPS) is 9.31. The van der Waals surface area contributed by atoms with Gasteiger partial charge >= 0.3 is 0 Å². The SMILES string of the molecule is CC(=O)c1c(C)cc(N)cc1C#N.